The van der Waals surface area contributed by atoms with Crippen molar-refractivity contribution in [3.8, 4) is 0 Å². The second-order valence-electron chi connectivity index (χ2n) is 4.66. The van der Waals surface area contributed by atoms with Gasteiger partial charge < -0.3 is 5.11 Å². The van der Waals surface area contributed by atoms with Gasteiger partial charge in [0, 0.05) is 0 Å². The Balaban J connectivity index is 2.26. The molecular weight excluding hydrogens is 136 g/mol. The average Bonchev–Trinajstić information content (AvgIpc) is 2.26. The lowest BCUT2D eigenvalue weighted by atomic mass is 9.97. The Hall–Kier alpha value is -0.300. The first-order valence-corrected chi connectivity index (χ1v) is 4.36. The molecule has 0 aromatic heterocycles. The predicted molar refractivity (Wildman–Crippen MR) is 45.2 cm³/mol. The van der Waals surface area contributed by atoms with Gasteiger partial charge in [0.2, 0.25) is 0 Å². The highest BCUT2D eigenvalue weighted by molar-refractivity contribution is 5.28. The van der Waals surface area contributed by atoms with E-state index in [1.807, 2.05) is 0 Å². The van der Waals surface area contributed by atoms with E-state index < -0.39 is 0 Å². The van der Waals surface area contributed by atoms with Crippen molar-refractivity contribution in [2.75, 3.05) is 0 Å². The highest BCUT2D eigenvalue weighted by Crippen LogP contribution is 2.67. The summed E-state index contributed by atoms with van der Waals surface area (Å²) >= 11 is 0. The van der Waals surface area contributed by atoms with Crippen LogP contribution in [0.5, 0.6) is 0 Å². The minimum Gasteiger partial charge on any atom is -0.389 e. The summed E-state index contributed by atoms with van der Waals surface area (Å²) in [6, 6.07) is 0. The van der Waals surface area contributed by atoms with Gasteiger partial charge in [-0.25, -0.2) is 0 Å². The van der Waals surface area contributed by atoms with Gasteiger partial charge in [0.15, 0.2) is 0 Å². The molecule has 1 fully saturated rings. The Bertz CT molecular complexity index is 227. The quantitative estimate of drug-likeness (QED) is 0.527. The number of hydrogen-bond acceptors (Lipinski definition) is 1. The summed E-state index contributed by atoms with van der Waals surface area (Å²) in [5, 5.41) is 10.1. The van der Waals surface area contributed by atoms with Crippen LogP contribution in [0, 0.1) is 11.3 Å². The monoisotopic (exact) mass is 152 g/mol. The maximum absolute atomic E-state index is 10.1. The van der Waals surface area contributed by atoms with Crippen molar-refractivity contribution in [2.45, 2.75) is 39.2 Å². The van der Waals surface area contributed by atoms with Gasteiger partial charge in [0.1, 0.15) is 0 Å². The zero-order chi connectivity index (χ0) is 8.28. The fraction of sp³-hybridized carbons (Fsp3) is 0.800. The van der Waals surface area contributed by atoms with Crippen molar-refractivity contribution in [2.24, 2.45) is 11.3 Å². The van der Waals surface area contributed by atoms with E-state index in [1.54, 1.807) is 0 Å². The van der Waals surface area contributed by atoms with E-state index in [-0.39, 0.29) is 11.0 Å². The molecule has 0 saturated heterocycles. The van der Waals surface area contributed by atoms with E-state index in [1.165, 1.54) is 5.57 Å². The molecule has 1 saturated carbocycles. The maximum Gasteiger partial charge on any atom is 0.0776 e. The highest BCUT2D eigenvalue weighted by Gasteiger charge is 2.70. The molecule has 1 N–H and O–H groups in total. The van der Waals surface area contributed by atoms with Crippen molar-refractivity contribution in [1.29, 1.82) is 0 Å². The van der Waals surface area contributed by atoms with Crippen LogP contribution in [0.2, 0.25) is 0 Å². The van der Waals surface area contributed by atoms with Gasteiger partial charge in [-0.1, -0.05) is 25.5 Å². The van der Waals surface area contributed by atoms with E-state index in [9.17, 15) is 5.11 Å². The third kappa shape index (κ3) is 0.698. The van der Waals surface area contributed by atoms with Gasteiger partial charge >= 0.3 is 0 Å². The molecule has 0 aliphatic heterocycles. The lowest BCUT2D eigenvalue weighted by molar-refractivity contribution is 0.0986. The van der Waals surface area contributed by atoms with Crippen LogP contribution in [-0.4, -0.2) is 10.7 Å². The van der Waals surface area contributed by atoms with Crippen molar-refractivity contribution in [1.82, 2.24) is 0 Å². The lowest BCUT2D eigenvalue weighted by Gasteiger charge is -2.16. The number of aliphatic hydroxyl groups is 1. The molecule has 0 heterocycles. The third-order valence-corrected chi connectivity index (χ3v) is 3.73. The number of allylic oxidation sites excluding steroid dienone is 1. The summed E-state index contributed by atoms with van der Waals surface area (Å²) in [5.74, 6) is 0.527. The topological polar surface area (TPSA) is 20.2 Å². The molecule has 1 heteroatoms. The fourth-order valence-electron chi connectivity index (χ4n) is 2.60. The molecule has 2 aliphatic rings. The van der Waals surface area contributed by atoms with E-state index in [2.05, 4.69) is 26.8 Å². The first-order chi connectivity index (χ1) is 4.98. The SMILES string of the molecule is CC1=CCC2C(C)(C)C2(O)C1. The van der Waals surface area contributed by atoms with Gasteiger partial charge in [-0.2, -0.15) is 0 Å². The lowest BCUT2D eigenvalue weighted by Crippen LogP contribution is -2.18. The molecule has 0 spiro atoms. The highest BCUT2D eigenvalue weighted by atomic mass is 16.3. The molecular formula is C10H16O. The van der Waals surface area contributed by atoms with Gasteiger partial charge in [0.05, 0.1) is 5.60 Å². The van der Waals surface area contributed by atoms with Gasteiger partial charge in [-0.15, -0.1) is 0 Å². The molecule has 62 valence electrons. The van der Waals surface area contributed by atoms with E-state index >= 15 is 0 Å². The van der Waals surface area contributed by atoms with Crippen LogP contribution < -0.4 is 0 Å². The van der Waals surface area contributed by atoms with Crippen LogP contribution in [-0.2, 0) is 0 Å². The Morgan fingerprint density at radius 3 is 2.64 bits per heavy atom. The zero-order valence-electron chi connectivity index (χ0n) is 7.52. The Morgan fingerprint density at radius 2 is 2.18 bits per heavy atom. The van der Waals surface area contributed by atoms with Gasteiger partial charge in [-0.05, 0) is 31.1 Å². The first-order valence-electron chi connectivity index (χ1n) is 4.36. The Labute approximate surface area is 68.1 Å². The summed E-state index contributed by atoms with van der Waals surface area (Å²) < 4.78 is 0. The first kappa shape index (κ1) is 7.35. The van der Waals surface area contributed by atoms with Crippen LogP contribution in [0.1, 0.15) is 33.6 Å². The normalized spacial score (nSPS) is 46.2. The summed E-state index contributed by atoms with van der Waals surface area (Å²) in [5.41, 5.74) is 1.17. The summed E-state index contributed by atoms with van der Waals surface area (Å²) in [6.45, 7) is 6.46. The number of fused-ring (bicyclic) bond motifs is 1. The average molecular weight is 152 g/mol. The van der Waals surface area contributed by atoms with Crippen LogP contribution in [0.25, 0.3) is 0 Å². The molecule has 0 bridgehead atoms. The summed E-state index contributed by atoms with van der Waals surface area (Å²) in [7, 11) is 0. The van der Waals surface area contributed by atoms with Crippen molar-refractivity contribution in [3.05, 3.63) is 11.6 Å². The van der Waals surface area contributed by atoms with E-state index in [4.69, 9.17) is 0 Å². The van der Waals surface area contributed by atoms with Crippen molar-refractivity contribution < 1.29 is 5.11 Å². The molecule has 0 aromatic carbocycles. The molecule has 2 unspecified atom stereocenters. The van der Waals surface area contributed by atoms with Crippen LogP contribution in [0.15, 0.2) is 11.6 Å². The van der Waals surface area contributed by atoms with Gasteiger partial charge in [0.25, 0.3) is 0 Å². The summed E-state index contributed by atoms with van der Waals surface area (Å²) in [6.07, 6.45) is 4.24. The molecule has 0 radical (unpaired) electrons. The van der Waals surface area contributed by atoms with Gasteiger partial charge in [-0.3, -0.25) is 0 Å². The molecule has 0 aromatic rings. The minimum absolute atomic E-state index is 0.168. The fourth-order valence-corrected chi connectivity index (χ4v) is 2.60. The largest absolute Gasteiger partial charge is 0.389 e. The summed E-state index contributed by atoms with van der Waals surface area (Å²) in [4.78, 5) is 0. The second kappa shape index (κ2) is 1.71. The third-order valence-electron chi connectivity index (χ3n) is 3.73. The number of rotatable bonds is 0. The molecule has 0 amide bonds. The molecule has 2 rings (SSSR count). The smallest absolute Gasteiger partial charge is 0.0776 e. The molecule has 2 atom stereocenters. The minimum atomic E-state index is -0.355. The Morgan fingerprint density at radius 1 is 1.55 bits per heavy atom. The molecule has 11 heavy (non-hydrogen) atoms. The molecule has 1 nitrogen and oxygen atoms in total. The van der Waals surface area contributed by atoms with Crippen LogP contribution in [0.4, 0.5) is 0 Å². The number of hydrogen-bond donors (Lipinski definition) is 1. The van der Waals surface area contributed by atoms with Crippen LogP contribution >= 0.6 is 0 Å². The predicted octanol–water partition coefficient (Wildman–Crippen LogP) is 2.11. The maximum atomic E-state index is 10.1. The molecule has 2 aliphatic carbocycles. The van der Waals surface area contributed by atoms with Crippen molar-refractivity contribution in [3.63, 3.8) is 0 Å². The zero-order valence-corrected chi connectivity index (χ0v) is 7.52. The standard InChI is InChI=1S/C10H16O/c1-7-4-5-8-9(2,3)10(8,11)6-7/h4,8,11H,5-6H2,1-3H3. The Kier molecular flexibility index (Phi) is 1.15. The van der Waals surface area contributed by atoms with Crippen LogP contribution in [0.3, 0.4) is 0 Å². The van der Waals surface area contributed by atoms with E-state index in [0.29, 0.717) is 5.92 Å². The van der Waals surface area contributed by atoms with Crippen molar-refractivity contribution >= 4 is 0 Å². The van der Waals surface area contributed by atoms with E-state index in [0.717, 1.165) is 12.8 Å². The second-order valence-corrected chi connectivity index (χ2v) is 4.66.